The molecule has 156 valence electrons. The molecular formula is C25H20ClNO4. The summed E-state index contributed by atoms with van der Waals surface area (Å²) in [6.07, 6.45) is 0. The van der Waals surface area contributed by atoms with Crippen LogP contribution in [0.25, 0.3) is 22.0 Å². The van der Waals surface area contributed by atoms with Gasteiger partial charge < -0.3 is 14.5 Å². The van der Waals surface area contributed by atoms with Crippen molar-refractivity contribution in [3.63, 3.8) is 0 Å². The number of hydrogen-bond donors (Lipinski definition) is 1. The highest BCUT2D eigenvalue weighted by Crippen LogP contribution is 2.26. The van der Waals surface area contributed by atoms with Crippen LogP contribution in [-0.2, 0) is 11.3 Å². The first-order valence-corrected chi connectivity index (χ1v) is 10.2. The highest BCUT2D eigenvalue weighted by Gasteiger charge is 2.22. The number of aromatic nitrogens is 1. The van der Waals surface area contributed by atoms with Gasteiger partial charge in [-0.25, -0.2) is 4.79 Å². The van der Waals surface area contributed by atoms with E-state index in [0.717, 1.165) is 16.7 Å². The fourth-order valence-corrected chi connectivity index (χ4v) is 3.53. The summed E-state index contributed by atoms with van der Waals surface area (Å²) in [6.45, 7) is 1.92. The molecule has 1 N–H and O–H groups in total. The number of nitrogens with one attached hydrogen (secondary N) is 1. The molecule has 0 unspecified atom stereocenters. The van der Waals surface area contributed by atoms with Crippen molar-refractivity contribution >= 4 is 28.5 Å². The van der Waals surface area contributed by atoms with E-state index in [0.29, 0.717) is 15.9 Å². The Morgan fingerprint density at radius 3 is 2.45 bits per heavy atom. The van der Waals surface area contributed by atoms with E-state index in [2.05, 4.69) is 4.98 Å². The van der Waals surface area contributed by atoms with Crippen LogP contribution < -0.4 is 10.2 Å². The van der Waals surface area contributed by atoms with Gasteiger partial charge in [0.25, 0.3) is 0 Å². The van der Waals surface area contributed by atoms with Crippen LogP contribution in [0.15, 0.2) is 77.6 Å². The average Bonchev–Trinajstić information content (AvgIpc) is 2.79. The molecule has 0 amide bonds. The van der Waals surface area contributed by atoms with Gasteiger partial charge in [-0.15, -0.1) is 0 Å². The van der Waals surface area contributed by atoms with E-state index in [1.807, 2.05) is 60.7 Å². The minimum Gasteiger partial charge on any atom is -0.473 e. The number of ether oxygens (including phenoxy) is 2. The van der Waals surface area contributed by atoms with Gasteiger partial charge in [0.1, 0.15) is 6.61 Å². The minimum absolute atomic E-state index is 0.0566. The zero-order valence-electron chi connectivity index (χ0n) is 16.9. The van der Waals surface area contributed by atoms with Crippen molar-refractivity contribution in [2.45, 2.75) is 13.5 Å². The number of pyridine rings is 1. The number of aromatic amines is 1. The van der Waals surface area contributed by atoms with Crippen molar-refractivity contribution < 1.29 is 14.3 Å². The van der Waals surface area contributed by atoms with Gasteiger partial charge in [-0.1, -0.05) is 66.2 Å². The van der Waals surface area contributed by atoms with Gasteiger partial charge in [-0.05, 0) is 36.2 Å². The number of benzene rings is 3. The highest BCUT2D eigenvalue weighted by molar-refractivity contribution is 6.31. The van der Waals surface area contributed by atoms with Crippen LogP contribution in [0.4, 0.5) is 0 Å². The van der Waals surface area contributed by atoms with Crippen molar-refractivity contribution in [1.29, 1.82) is 0 Å². The fraction of sp³-hybridized carbons (Fsp3) is 0.120. The molecule has 4 aromatic rings. The third kappa shape index (κ3) is 4.32. The molecule has 0 saturated carbocycles. The summed E-state index contributed by atoms with van der Waals surface area (Å²) in [5.41, 5.74) is 2.64. The molecule has 0 radical (unpaired) electrons. The van der Waals surface area contributed by atoms with Crippen molar-refractivity contribution in [3.05, 3.63) is 99.2 Å². The predicted octanol–water partition coefficient (Wildman–Crippen LogP) is 5.60. The van der Waals surface area contributed by atoms with E-state index >= 15 is 0 Å². The minimum atomic E-state index is -0.730. The lowest BCUT2D eigenvalue weighted by atomic mass is 10.0. The molecular weight excluding hydrogens is 414 g/mol. The number of carbonyl (C=O) groups excluding carboxylic acids is 1. The smallest absolute Gasteiger partial charge is 0.347 e. The normalized spacial score (nSPS) is 10.8. The maximum absolute atomic E-state index is 13.2. The zero-order chi connectivity index (χ0) is 21.8. The summed E-state index contributed by atoms with van der Waals surface area (Å²) in [4.78, 5) is 28.8. The van der Waals surface area contributed by atoms with E-state index in [9.17, 15) is 9.59 Å². The monoisotopic (exact) mass is 433 g/mol. The molecule has 0 atom stereocenters. The van der Waals surface area contributed by atoms with Crippen molar-refractivity contribution in [1.82, 2.24) is 4.98 Å². The molecule has 0 saturated heterocycles. The van der Waals surface area contributed by atoms with Gasteiger partial charge in [-0.3, -0.25) is 4.79 Å². The molecule has 6 heteroatoms. The lowest BCUT2D eigenvalue weighted by molar-refractivity contribution is 0.0519. The van der Waals surface area contributed by atoms with Gasteiger partial charge in [-0.2, -0.15) is 0 Å². The van der Waals surface area contributed by atoms with Gasteiger partial charge in [0.2, 0.25) is 11.3 Å². The first kappa shape index (κ1) is 20.7. The van der Waals surface area contributed by atoms with Crippen LogP contribution in [0.1, 0.15) is 22.8 Å². The van der Waals surface area contributed by atoms with E-state index in [4.69, 9.17) is 21.1 Å². The maximum atomic E-state index is 13.2. The average molecular weight is 434 g/mol. The molecule has 4 rings (SSSR count). The Labute approximate surface area is 184 Å². The van der Waals surface area contributed by atoms with Gasteiger partial charge in [0.15, 0.2) is 5.56 Å². The highest BCUT2D eigenvalue weighted by atomic mass is 35.5. The summed E-state index contributed by atoms with van der Waals surface area (Å²) in [5, 5.41) is 0.919. The SMILES string of the molecule is CCOC(=O)c1c(OCc2ccccc2Cl)[nH]c2cc(-c3ccccc3)ccc2c1=O. The van der Waals surface area contributed by atoms with Crippen LogP contribution in [0, 0.1) is 0 Å². The van der Waals surface area contributed by atoms with Gasteiger partial charge in [0, 0.05) is 16.0 Å². The van der Waals surface area contributed by atoms with Gasteiger partial charge in [0.05, 0.1) is 12.1 Å². The molecule has 0 aliphatic heterocycles. The Balaban J connectivity index is 1.82. The second-order valence-electron chi connectivity index (χ2n) is 6.89. The molecule has 0 spiro atoms. The predicted molar refractivity (Wildman–Crippen MR) is 122 cm³/mol. The summed E-state index contributed by atoms with van der Waals surface area (Å²) < 4.78 is 11.0. The molecule has 5 nitrogen and oxygen atoms in total. The van der Waals surface area contributed by atoms with Crippen LogP contribution >= 0.6 is 11.6 Å². The third-order valence-corrected chi connectivity index (χ3v) is 5.25. The number of carbonyl (C=O) groups is 1. The summed E-state index contributed by atoms with van der Waals surface area (Å²) in [7, 11) is 0. The topological polar surface area (TPSA) is 68.4 Å². The van der Waals surface area contributed by atoms with E-state index in [1.54, 1.807) is 19.1 Å². The van der Waals surface area contributed by atoms with Crippen molar-refractivity contribution in [3.8, 4) is 17.0 Å². The number of rotatable bonds is 6. The van der Waals surface area contributed by atoms with Crippen LogP contribution in [0.3, 0.4) is 0 Å². The Morgan fingerprint density at radius 1 is 0.968 bits per heavy atom. The lowest BCUT2D eigenvalue weighted by Gasteiger charge is -2.13. The number of fused-ring (bicyclic) bond motifs is 1. The Morgan fingerprint density at radius 2 is 1.71 bits per heavy atom. The van der Waals surface area contributed by atoms with Crippen LogP contribution in [0.2, 0.25) is 5.02 Å². The molecule has 31 heavy (non-hydrogen) atoms. The number of H-pyrrole nitrogens is 1. The summed E-state index contributed by atoms with van der Waals surface area (Å²) in [6, 6.07) is 22.5. The fourth-order valence-electron chi connectivity index (χ4n) is 3.34. The Hall–Kier alpha value is -3.57. The molecule has 0 aliphatic rings. The van der Waals surface area contributed by atoms with E-state index in [-0.39, 0.29) is 24.7 Å². The van der Waals surface area contributed by atoms with Gasteiger partial charge >= 0.3 is 5.97 Å². The molecule has 1 aromatic heterocycles. The summed E-state index contributed by atoms with van der Waals surface area (Å²) in [5.74, 6) is -0.673. The lowest BCUT2D eigenvalue weighted by Crippen LogP contribution is -2.21. The van der Waals surface area contributed by atoms with Crippen LogP contribution in [-0.4, -0.2) is 17.6 Å². The van der Waals surface area contributed by atoms with Crippen LogP contribution in [0.5, 0.6) is 5.88 Å². The number of esters is 1. The number of hydrogen-bond acceptors (Lipinski definition) is 4. The zero-order valence-corrected chi connectivity index (χ0v) is 17.6. The second-order valence-corrected chi connectivity index (χ2v) is 7.29. The van der Waals surface area contributed by atoms with Crippen molar-refractivity contribution in [2.75, 3.05) is 6.61 Å². The summed E-state index contributed by atoms with van der Waals surface area (Å²) >= 11 is 6.21. The quantitative estimate of drug-likeness (QED) is 0.401. The molecule has 0 fully saturated rings. The first-order chi connectivity index (χ1) is 15.1. The molecule has 1 heterocycles. The number of halogens is 1. The molecule has 3 aromatic carbocycles. The third-order valence-electron chi connectivity index (χ3n) is 4.88. The largest absolute Gasteiger partial charge is 0.473 e. The Kier molecular flexibility index (Phi) is 6.05. The second kappa shape index (κ2) is 9.06. The molecule has 0 bridgehead atoms. The van der Waals surface area contributed by atoms with E-state index < -0.39 is 11.4 Å². The standard InChI is InChI=1S/C25H20ClNO4/c1-2-30-25(29)22-23(28)19-13-12-17(16-8-4-3-5-9-16)14-21(19)27-24(22)31-15-18-10-6-7-11-20(18)26/h3-14H,2,15H2,1H3,(H,27,28). The molecule has 0 aliphatic carbocycles. The van der Waals surface area contributed by atoms with Crippen molar-refractivity contribution in [2.24, 2.45) is 0 Å². The maximum Gasteiger partial charge on any atom is 0.347 e. The van der Waals surface area contributed by atoms with E-state index in [1.165, 1.54) is 0 Å². The first-order valence-electron chi connectivity index (χ1n) is 9.87. The Bertz CT molecular complexity index is 1300.